The number of aryl methyl sites for hydroxylation is 1. The molecule has 0 fully saturated rings. The Morgan fingerprint density at radius 2 is 1.60 bits per heavy atom. The van der Waals surface area contributed by atoms with E-state index in [9.17, 15) is 18.0 Å². The van der Waals surface area contributed by atoms with Gasteiger partial charge >= 0.3 is 0 Å². The number of nitrogens with zero attached hydrogens (tertiary/aromatic N) is 2. The number of benzene rings is 3. The van der Waals surface area contributed by atoms with Gasteiger partial charge in [-0.2, -0.15) is 0 Å². The van der Waals surface area contributed by atoms with Crippen LogP contribution in [0.1, 0.15) is 45.2 Å². The molecule has 0 spiro atoms. The van der Waals surface area contributed by atoms with E-state index in [0.717, 1.165) is 9.87 Å². The summed E-state index contributed by atoms with van der Waals surface area (Å²) in [6, 6.07) is 14.7. The van der Waals surface area contributed by atoms with Crippen molar-refractivity contribution in [2.75, 3.05) is 18.0 Å². The normalized spacial score (nSPS) is 12.4. The molecule has 8 nitrogen and oxygen atoms in total. The first-order chi connectivity index (χ1) is 20.1. The number of carbonyl (C=O) groups excluding carboxylic acids is 2. The van der Waals surface area contributed by atoms with Gasteiger partial charge in [0.25, 0.3) is 10.0 Å². The minimum Gasteiger partial charge on any atom is -0.495 e. The van der Waals surface area contributed by atoms with Gasteiger partial charge in [-0.3, -0.25) is 13.9 Å². The Bertz CT molecular complexity index is 1570. The van der Waals surface area contributed by atoms with E-state index in [1.807, 2.05) is 27.7 Å². The molecular weight excluding hydrogens is 633 g/mol. The van der Waals surface area contributed by atoms with E-state index in [2.05, 4.69) is 5.32 Å². The van der Waals surface area contributed by atoms with Crippen LogP contribution in [0.15, 0.2) is 65.6 Å². The number of anilines is 1. The van der Waals surface area contributed by atoms with Gasteiger partial charge in [0, 0.05) is 22.1 Å². The van der Waals surface area contributed by atoms with E-state index < -0.39 is 34.1 Å². The quantitative estimate of drug-likeness (QED) is 0.240. The molecule has 3 aromatic rings. The zero-order chi connectivity index (χ0) is 32.1. The van der Waals surface area contributed by atoms with Gasteiger partial charge in [0.2, 0.25) is 11.8 Å². The maximum Gasteiger partial charge on any atom is 0.264 e. The van der Waals surface area contributed by atoms with Gasteiger partial charge in [-0.1, -0.05) is 65.5 Å². The third kappa shape index (κ3) is 8.79. The molecule has 0 saturated heterocycles. The van der Waals surface area contributed by atoms with Gasteiger partial charge in [0.15, 0.2) is 0 Å². The van der Waals surface area contributed by atoms with Gasteiger partial charge < -0.3 is 15.0 Å². The minimum atomic E-state index is -4.26. The Balaban J connectivity index is 2.13. The summed E-state index contributed by atoms with van der Waals surface area (Å²) < 4.78 is 34.3. The van der Waals surface area contributed by atoms with Gasteiger partial charge in [-0.15, -0.1) is 0 Å². The van der Waals surface area contributed by atoms with Crippen molar-refractivity contribution < 1.29 is 22.7 Å². The summed E-state index contributed by atoms with van der Waals surface area (Å²) in [5, 5.41) is 3.82. The van der Waals surface area contributed by atoms with Gasteiger partial charge in [0.1, 0.15) is 18.3 Å². The Kier molecular flexibility index (Phi) is 11.4. The smallest absolute Gasteiger partial charge is 0.264 e. The van der Waals surface area contributed by atoms with Crippen molar-refractivity contribution in [1.82, 2.24) is 10.2 Å². The number of amides is 2. The van der Waals surface area contributed by atoms with Crippen LogP contribution in [0.3, 0.4) is 0 Å². The lowest BCUT2D eigenvalue weighted by Crippen LogP contribution is -2.55. The van der Waals surface area contributed by atoms with E-state index in [1.165, 1.54) is 42.3 Å². The second kappa shape index (κ2) is 14.2. The summed E-state index contributed by atoms with van der Waals surface area (Å²) in [5.74, 6) is -0.660. The van der Waals surface area contributed by atoms with Gasteiger partial charge in [0.05, 0.1) is 22.7 Å². The monoisotopic (exact) mass is 667 g/mol. The fourth-order valence-corrected chi connectivity index (χ4v) is 6.51. The zero-order valence-corrected chi connectivity index (χ0v) is 28.0. The average molecular weight is 669 g/mol. The molecule has 0 unspecified atom stereocenters. The van der Waals surface area contributed by atoms with Crippen LogP contribution in [0.2, 0.25) is 15.1 Å². The van der Waals surface area contributed by atoms with Crippen molar-refractivity contribution in [3.05, 3.63) is 86.9 Å². The lowest BCUT2D eigenvalue weighted by molar-refractivity contribution is -0.141. The largest absolute Gasteiger partial charge is 0.495 e. The van der Waals surface area contributed by atoms with Gasteiger partial charge in [-0.05, 0) is 82.1 Å². The molecular formula is C31H36Cl3N3O5S. The molecule has 232 valence electrons. The lowest BCUT2D eigenvalue weighted by atomic mass is 10.1. The van der Waals surface area contributed by atoms with E-state index in [-0.39, 0.29) is 34.5 Å². The number of sulfonamides is 1. The number of ether oxygens (including phenoxy) is 1. The van der Waals surface area contributed by atoms with Crippen LogP contribution in [0, 0.1) is 6.92 Å². The number of hydrogen-bond donors (Lipinski definition) is 1. The Labute approximate surface area is 268 Å². The molecule has 0 saturated carbocycles. The summed E-state index contributed by atoms with van der Waals surface area (Å²) >= 11 is 18.9. The number of methoxy groups -OCH3 is 1. The first kappa shape index (κ1) is 34.5. The van der Waals surface area contributed by atoms with Crippen molar-refractivity contribution in [1.29, 1.82) is 0 Å². The van der Waals surface area contributed by atoms with Crippen molar-refractivity contribution in [2.24, 2.45) is 0 Å². The number of carbonyl (C=O) groups is 2. The Morgan fingerprint density at radius 1 is 0.953 bits per heavy atom. The lowest BCUT2D eigenvalue weighted by Gasteiger charge is -2.35. The van der Waals surface area contributed by atoms with Crippen molar-refractivity contribution in [3.8, 4) is 5.75 Å². The standard InChI is InChI=1S/C31H36Cl3N3O5S/c1-7-27(30(39)35-31(3,4)5)36(18-21-10-11-22(32)16-25(21)33)29(38)19-37(23-12-15-28(42-6)26(34)17-23)43(40,41)24-13-8-20(2)9-14-24/h8-17,27H,7,18-19H2,1-6H3,(H,35,39)/t27-/m0/s1. The molecule has 3 aromatic carbocycles. The maximum atomic E-state index is 14.2. The molecule has 0 aromatic heterocycles. The summed E-state index contributed by atoms with van der Waals surface area (Å²) in [7, 11) is -2.82. The van der Waals surface area contributed by atoms with Crippen LogP contribution in [-0.4, -0.2) is 50.4 Å². The zero-order valence-electron chi connectivity index (χ0n) is 24.9. The SMILES string of the molecule is CC[C@@H](C(=O)NC(C)(C)C)N(Cc1ccc(Cl)cc1Cl)C(=O)CN(c1ccc(OC)c(Cl)c1)S(=O)(=O)c1ccc(C)cc1. The second-order valence-electron chi connectivity index (χ2n) is 11.1. The molecule has 12 heteroatoms. The number of rotatable bonds is 11. The fraction of sp³-hybridized carbons (Fsp3) is 0.355. The molecule has 0 bridgehead atoms. The molecule has 0 radical (unpaired) electrons. The number of hydrogen-bond acceptors (Lipinski definition) is 5. The maximum absolute atomic E-state index is 14.2. The number of nitrogens with one attached hydrogen (secondary N) is 1. The van der Waals surface area contributed by atoms with Crippen molar-refractivity contribution in [2.45, 2.75) is 64.1 Å². The van der Waals surface area contributed by atoms with Crippen LogP contribution >= 0.6 is 34.8 Å². The molecule has 43 heavy (non-hydrogen) atoms. The summed E-state index contributed by atoms with van der Waals surface area (Å²) in [6.07, 6.45) is 0.262. The molecule has 2 amide bonds. The average Bonchev–Trinajstić information content (AvgIpc) is 2.91. The van der Waals surface area contributed by atoms with E-state index in [0.29, 0.717) is 21.4 Å². The van der Waals surface area contributed by atoms with Crippen molar-refractivity contribution in [3.63, 3.8) is 0 Å². The predicted molar refractivity (Wildman–Crippen MR) is 173 cm³/mol. The number of halogens is 3. The van der Waals surface area contributed by atoms with E-state index >= 15 is 0 Å². The van der Waals surface area contributed by atoms with Gasteiger partial charge in [-0.25, -0.2) is 8.42 Å². The van der Waals surface area contributed by atoms with E-state index in [4.69, 9.17) is 39.5 Å². The molecule has 0 aliphatic rings. The summed E-state index contributed by atoms with van der Waals surface area (Å²) in [4.78, 5) is 29.0. The van der Waals surface area contributed by atoms with Crippen LogP contribution in [-0.2, 0) is 26.2 Å². The highest BCUT2D eigenvalue weighted by molar-refractivity contribution is 7.92. The Morgan fingerprint density at radius 3 is 2.14 bits per heavy atom. The molecule has 1 N–H and O–H groups in total. The van der Waals surface area contributed by atoms with Crippen LogP contribution < -0.4 is 14.4 Å². The Hall–Kier alpha value is -2.98. The second-order valence-corrected chi connectivity index (χ2v) is 14.2. The predicted octanol–water partition coefficient (Wildman–Crippen LogP) is 6.88. The van der Waals surface area contributed by atoms with Crippen molar-refractivity contribution >= 4 is 62.3 Å². The topological polar surface area (TPSA) is 96.0 Å². The highest BCUT2D eigenvalue weighted by atomic mass is 35.5. The molecule has 0 aliphatic heterocycles. The fourth-order valence-electron chi connectivity index (χ4n) is 4.38. The highest BCUT2D eigenvalue weighted by Gasteiger charge is 2.35. The third-order valence-corrected chi connectivity index (χ3v) is 9.22. The first-order valence-electron chi connectivity index (χ1n) is 13.6. The van der Waals surface area contributed by atoms with Crippen LogP contribution in [0.25, 0.3) is 0 Å². The van der Waals surface area contributed by atoms with Crippen LogP contribution in [0.4, 0.5) is 5.69 Å². The minimum absolute atomic E-state index is 0.0114. The molecule has 0 aliphatic carbocycles. The molecule has 0 heterocycles. The molecule has 1 atom stereocenters. The summed E-state index contributed by atoms with van der Waals surface area (Å²) in [6.45, 7) is 8.44. The summed E-state index contributed by atoms with van der Waals surface area (Å²) in [5.41, 5.74) is 0.992. The molecule has 3 rings (SSSR count). The van der Waals surface area contributed by atoms with E-state index in [1.54, 1.807) is 37.3 Å². The van der Waals surface area contributed by atoms with Crippen LogP contribution in [0.5, 0.6) is 5.75 Å². The third-order valence-electron chi connectivity index (χ3n) is 6.55. The first-order valence-corrected chi connectivity index (χ1v) is 16.1. The highest BCUT2D eigenvalue weighted by Crippen LogP contribution is 2.32.